The summed E-state index contributed by atoms with van der Waals surface area (Å²) in [6.45, 7) is 5.22. The van der Waals surface area contributed by atoms with Gasteiger partial charge in [0, 0.05) is 28.0 Å². The van der Waals surface area contributed by atoms with Crippen molar-refractivity contribution in [3.05, 3.63) is 45.7 Å². The fourth-order valence-corrected chi connectivity index (χ4v) is 4.53. The molecule has 1 heterocycles. The predicted octanol–water partition coefficient (Wildman–Crippen LogP) is 5.47. The molecule has 134 valence electrons. The van der Waals surface area contributed by atoms with Gasteiger partial charge in [-0.3, -0.25) is 4.79 Å². The molecule has 0 radical (unpaired) electrons. The number of amides is 1. The first kappa shape index (κ1) is 18.2. The van der Waals surface area contributed by atoms with Gasteiger partial charge in [-0.15, -0.1) is 0 Å². The molecule has 1 aliphatic rings. The Labute approximate surface area is 158 Å². The van der Waals surface area contributed by atoms with Crippen LogP contribution in [0.4, 0.5) is 0 Å². The number of benzene rings is 1. The Morgan fingerprint density at radius 1 is 1.20 bits per heavy atom. The quantitative estimate of drug-likeness (QED) is 0.707. The van der Waals surface area contributed by atoms with Crippen molar-refractivity contribution in [2.75, 3.05) is 0 Å². The molecule has 2 aromatic rings. The second-order valence-electron chi connectivity index (χ2n) is 7.12. The van der Waals surface area contributed by atoms with Crippen LogP contribution in [0.15, 0.2) is 28.7 Å². The third-order valence-corrected chi connectivity index (χ3v) is 6.04. The van der Waals surface area contributed by atoms with E-state index in [2.05, 4.69) is 39.6 Å². The lowest BCUT2D eigenvalue weighted by Crippen LogP contribution is -2.17. The Morgan fingerprint density at radius 2 is 1.84 bits per heavy atom. The number of hydrogen-bond acceptors (Lipinski definition) is 1. The molecule has 1 fully saturated rings. The average molecular weight is 403 g/mol. The van der Waals surface area contributed by atoms with Crippen molar-refractivity contribution in [3.8, 4) is 11.1 Å². The van der Waals surface area contributed by atoms with Crippen LogP contribution < -0.4 is 5.73 Å². The number of hydrogen-bond donors (Lipinski definition) is 1. The maximum absolute atomic E-state index is 12.3. The molecule has 1 aromatic carbocycles. The average Bonchev–Trinajstić information content (AvgIpc) is 2.88. The number of carbonyl (C=O) groups is 1. The summed E-state index contributed by atoms with van der Waals surface area (Å²) in [5.41, 5.74) is 10.8. The van der Waals surface area contributed by atoms with Crippen LogP contribution in [0.5, 0.6) is 0 Å². The lowest BCUT2D eigenvalue weighted by atomic mass is 9.89. The number of halogens is 1. The molecule has 25 heavy (non-hydrogen) atoms. The maximum Gasteiger partial charge on any atom is 0.251 e. The molecule has 0 spiro atoms. The summed E-state index contributed by atoms with van der Waals surface area (Å²) in [6.07, 6.45) is 7.49. The third kappa shape index (κ3) is 3.69. The minimum Gasteiger partial charge on any atom is -0.366 e. The molecule has 3 nitrogen and oxygen atoms in total. The molecule has 0 unspecified atom stereocenters. The van der Waals surface area contributed by atoms with E-state index in [0.717, 1.165) is 34.3 Å². The summed E-state index contributed by atoms with van der Waals surface area (Å²) in [5.74, 6) is 0.385. The molecule has 0 atom stereocenters. The van der Waals surface area contributed by atoms with Crippen LogP contribution in [-0.4, -0.2) is 10.5 Å². The lowest BCUT2D eigenvalue weighted by Gasteiger charge is -2.24. The zero-order chi connectivity index (χ0) is 18.0. The number of carbonyl (C=O) groups excluding carboxylic acids is 1. The van der Waals surface area contributed by atoms with Crippen molar-refractivity contribution < 1.29 is 4.79 Å². The minimum absolute atomic E-state index is 0.326. The van der Waals surface area contributed by atoms with Gasteiger partial charge in [-0.2, -0.15) is 0 Å². The van der Waals surface area contributed by atoms with E-state index in [-0.39, 0.29) is 5.91 Å². The molecule has 1 aromatic heterocycles. The fraction of sp³-hybridized carbons (Fsp3) is 0.476. The normalized spacial score (nSPS) is 15.5. The van der Waals surface area contributed by atoms with Crippen LogP contribution in [0.2, 0.25) is 0 Å². The second-order valence-corrected chi connectivity index (χ2v) is 8.04. The Morgan fingerprint density at radius 3 is 2.40 bits per heavy atom. The molecule has 0 saturated heterocycles. The van der Waals surface area contributed by atoms with Crippen LogP contribution in [0.1, 0.15) is 60.8 Å². The SMILES string of the molecule is CCc1c(-c2ccc(Br)cc2)c(C(N)=O)c(C)n1CC1CCCCC1. The van der Waals surface area contributed by atoms with Crippen molar-refractivity contribution in [1.29, 1.82) is 0 Å². The van der Waals surface area contributed by atoms with Crippen molar-refractivity contribution >= 4 is 21.8 Å². The van der Waals surface area contributed by atoms with Gasteiger partial charge in [-0.25, -0.2) is 0 Å². The van der Waals surface area contributed by atoms with E-state index in [1.807, 2.05) is 19.1 Å². The van der Waals surface area contributed by atoms with Gasteiger partial charge in [-0.1, -0.05) is 54.2 Å². The first-order valence-corrected chi connectivity index (χ1v) is 10.1. The first-order chi connectivity index (χ1) is 12.0. The molecule has 3 rings (SSSR count). The van der Waals surface area contributed by atoms with Gasteiger partial charge in [0.25, 0.3) is 5.91 Å². The Bertz CT molecular complexity index is 755. The summed E-state index contributed by atoms with van der Waals surface area (Å²) >= 11 is 3.49. The Hall–Kier alpha value is -1.55. The summed E-state index contributed by atoms with van der Waals surface area (Å²) < 4.78 is 3.40. The smallest absolute Gasteiger partial charge is 0.251 e. The van der Waals surface area contributed by atoms with Crippen molar-refractivity contribution in [1.82, 2.24) is 4.57 Å². The summed E-state index contributed by atoms with van der Waals surface area (Å²) in [5, 5.41) is 0. The number of nitrogens with two attached hydrogens (primary N) is 1. The minimum atomic E-state index is -0.326. The summed E-state index contributed by atoms with van der Waals surface area (Å²) in [4.78, 5) is 12.3. The van der Waals surface area contributed by atoms with Gasteiger partial charge in [0.2, 0.25) is 0 Å². The first-order valence-electron chi connectivity index (χ1n) is 9.30. The van der Waals surface area contributed by atoms with E-state index < -0.39 is 0 Å². The highest BCUT2D eigenvalue weighted by molar-refractivity contribution is 9.10. The third-order valence-electron chi connectivity index (χ3n) is 5.51. The molecule has 1 aliphatic carbocycles. The monoisotopic (exact) mass is 402 g/mol. The number of nitrogens with zero attached hydrogens (tertiary/aromatic N) is 1. The van der Waals surface area contributed by atoms with E-state index in [9.17, 15) is 4.79 Å². The number of rotatable bonds is 5. The van der Waals surface area contributed by atoms with Gasteiger partial charge < -0.3 is 10.3 Å². The van der Waals surface area contributed by atoms with Crippen LogP contribution in [0, 0.1) is 12.8 Å². The van der Waals surface area contributed by atoms with E-state index in [4.69, 9.17) is 5.73 Å². The topological polar surface area (TPSA) is 48.0 Å². The predicted molar refractivity (Wildman–Crippen MR) is 107 cm³/mol. The highest BCUT2D eigenvalue weighted by atomic mass is 79.9. The number of aromatic nitrogens is 1. The zero-order valence-electron chi connectivity index (χ0n) is 15.1. The van der Waals surface area contributed by atoms with Crippen molar-refractivity contribution in [2.45, 2.75) is 58.9 Å². The second kappa shape index (κ2) is 7.77. The van der Waals surface area contributed by atoms with Crippen LogP contribution >= 0.6 is 15.9 Å². The molecule has 4 heteroatoms. The highest BCUT2D eigenvalue weighted by Gasteiger charge is 2.25. The summed E-state index contributed by atoms with van der Waals surface area (Å²) in [6, 6.07) is 8.17. The number of primary amides is 1. The van der Waals surface area contributed by atoms with Crippen LogP contribution in [0.25, 0.3) is 11.1 Å². The van der Waals surface area contributed by atoms with Gasteiger partial charge in [-0.05, 0) is 49.8 Å². The van der Waals surface area contributed by atoms with Gasteiger partial charge in [0.15, 0.2) is 0 Å². The van der Waals surface area contributed by atoms with Crippen molar-refractivity contribution in [2.24, 2.45) is 11.7 Å². The standard InChI is InChI=1S/C21H27BrN2O/c1-3-18-20(16-9-11-17(22)12-10-16)19(21(23)25)14(2)24(18)13-15-7-5-4-6-8-15/h9-12,15H,3-8,13H2,1-2H3,(H2,23,25). The zero-order valence-corrected chi connectivity index (χ0v) is 16.7. The highest BCUT2D eigenvalue weighted by Crippen LogP contribution is 2.35. The molecule has 0 aliphatic heterocycles. The molecule has 1 amide bonds. The lowest BCUT2D eigenvalue weighted by molar-refractivity contribution is 0.1000. The van der Waals surface area contributed by atoms with E-state index in [1.54, 1.807) is 0 Å². The Kier molecular flexibility index (Phi) is 5.67. The Balaban J connectivity index is 2.10. The van der Waals surface area contributed by atoms with Gasteiger partial charge in [0.05, 0.1) is 5.56 Å². The fourth-order valence-electron chi connectivity index (χ4n) is 4.27. The molecule has 1 saturated carbocycles. The maximum atomic E-state index is 12.3. The van der Waals surface area contributed by atoms with Gasteiger partial charge >= 0.3 is 0 Å². The molecular weight excluding hydrogens is 376 g/mol. The van der Waals surface area contributed by atoms with Crippen LogP contribution in [0.3, 0.4) is 0 Å². The van der Waals surface area contributed by atoms with E-state index in [0.29, 0.717) is 11.5 Å². The van der Waals surface area contributed by atoms with Crippen molar-refractivity contribution in [3.63, 3.8) is 0 Å². The summed E-state index contributed by atoms with van der Waals surface area (Å²) in [7, 11) is 0. The van der Waals surface area contributed by atoms with E-state index >= 15 is 0 Å². The van der Waals surface area contributed by atoms with Crippen LogP contribution in [-0.2, 0) is 13.0 Å². The van der Waals surface area contributed by atoms with E-state index in [1.165, 1.54) is 37.8 Å². The largest absolute Gasteiger partial charge is 0.366 e. The molecule has 2 N–H and O–H groups in total. The molecular formula is C21H27BrN2O. The van der Waals surface area contributed by atoms with Gasteiger partial charge in [0.1, 0.15) is 0 Å². The molecule has 0 bridgehead atoms.